The number of halogens is 1. The van der Waals surface area contributed by atoms with E-state index in [0.29, 0.717) is 23.8 Å². The summed E-state index contributed by atoms with van der Waals surface area (Å²) in [6, 6.07) is 6.78. The van der Waals surface area contributed by atoms with Crippen molar-refractivity contribution in [2.75, 3.05) is 0 Å². The molecule has 1 fully saturated rings. The van der Waals surface area contributed by atoms with Crippen LogP contribution in [0.4, 0.5) is 4.39 Å². The molecule has 0 heterocycles. The molecule has 0 aliphatic heterocycles. The van der Waals surface area contributed by atoms with Crippen LogP contribution in [0.25, 0.3) is 0 Å². The van der Waals surface area contributed by atoms with Gasteiger partial charge in [0.15, 0.2) is 0 Å². The molecular weight excluding hydrogens is 227 g/mol. The van der Waals surface area contributed by atoms with Gasteiger partial charge in [-0.05, 0) is 49.1 Å². The Morgan fingerprint density at radius 2 is 1.89 bits per heavy atom. The number of hydrogen-bond acceptors (Lipinski definition) is 1. The summed E-state index contributed by atoms with van der Waals surface area (Å²) in [7, 11) is 0. The lowest BCUT2D eigenvalue weighted by Gasteiger charge is -2.37. The summed E-state index contributed by atoms with van der Waals surface area (Å²) in [5.74, 6) is 1.20. The molecule has 1 aromatic rings. The van der Waals surface area contributed by atoms with E-state index in [1.165, 1.54) is 6.07 Å². The molecule has 0 spiro atoms. The molecule has 1 aliphatic rings. The zero-order chi connectivity index (χ0) is 13.2. The van der Waals surface area contributed by atoms with Gasteiger partial charge in [0.1, 0.15) is 5.82 Å². The highest BCUT2D eigenvalue weighted by Gasteiger charge is 2.34. The van der Waals surface area contributed by atoms with E-state index in [1.807, 2.05) is 6.07 Å². The SMILES string of the molecule is CC(C)C1CCC(O)(Cc2ccccc2F)CC1. The van der Waals surface area contributed by atoms with Gasteiger partial charge in [-0.1, -0.05) is 32.0 Å². The van der Waals surface area contributed by atoms with Gasteiger partial charge >= 0.3 is 0 Å². The lowest BCUT2D eigenvalue weighted by Crippen LogP contribution is -2.37. The van der Waals surface area contributed by atoms with Crippen LogP contribution >= 0.6 is 0 Å². The van der Waals surface area contributed by atoms with Gasteiger partial charge < -0.3 is 5.11 Å². The highest BCUT2D eigenvalue weighted by atomic mass is 19.1. The fraction of sp³-hybridized carbons (Fsp3) is 0.625. The predicted octanol–water partition coefficient (Wildman–Crippen LogP) is 3.95. The normalized spacial score (nSPS) is 28.6. The minimum Gasteiger partial charge on any atom is -0.390 e. The van der Waals surface area contributed by atoms with Crippen LogP contribution in [0.15, 0.2) is 24.3 Å². The van der Waals surface area contributed by atoms with Crippen molar-refractivity contribution in [3.8, 4) is 0 Å². The van der Waals surface area contributed by atoms with Crippen LogP contribution in [0.1, 0.15) is 45.1 Å². The maximum Gasteiger partial charge on any atom is 0.126 e. The molecule has 0 unspecified atom stereocenters. The molecule has 1 nitrogen and oxygen atoms in total. The van der Waals surface area contributed by atoms with Crippen molar-refractivity contribution in [2.45, 2.75) is 51.6 Å². The van der Waals surface area contributed by atoms with Crippen LogP contribution in [0, 0.1) is 17.7 Å². The standard InChI is InChI=1S/C16H23FO/c1-12(2)13-7-9-16(18,10-8-13)11-14-5-3-4-6-15(14)17/h3-6,12-13,18H,7-11H2,1-2H3. The molecule has 100 valence electrons. The van der Waals surface area contributed by atoms with Gasteiger partial charge in [-0.2, -0.15) is 0 Å². The number of rotatable bonds is 3. The van der Waals surface area contributed by atoms with Crippen LogP contribution in [0.3, 0.4) is 0 Å². The van der Waals surface area contributed by atoms with Gasteiger partial charge in [0.2, 0.25) is 0 Å². The molecule has 1 N–H and O–H groups in total. The average molecular weight is 250 g/mol. The molecule has 0 atom stereocenters. The van der Waals surface area contributed by atoms with Gasteiger partial charge in [-0.3, -0.25) is 0 Å². The van der Waals surface area contributed by atoms with Crippen molar-refractivity contribution in [3.05, 3.63) is 35.6 Å². The van der Waals surface area contributed by atoms with Crippen molar-refractivity contribution >= 4 is 0 Å². The van der Waals surface area contributed by atoms with E-state index < -0.39 is 5.60 Å². The Morgan fingerprint density at radius 1 is 1.28 bits per heavy atom. The molecule has 0 bridgehead atoms. The number of aliphatic hydroxyl groups is 1. The molecule has 1 saturated carbocycles. The van der Waals surface area contributed by atoms with E-state index in [1.54, 1.807) is 12.1 Å². The summed E-state index contributed by atoms with van der Waals surface area (Å²) in [6.07, 6.45) is 4.16. The third-order valence-corrected chi connectivity index (χ3v) is 4.38. The van der Waals surface area contributed by atoms with Gasteiger partial charge in [0, 0.05) is 6.42 Å². The molecule has 2 heteroatoms. The second-order valence-electron chi connectivity index (χ2n) is 6.07. The second-order valence-corrected chi connectivity index (χ2v) is 6.07. The van der Waals surface area contributed by atoms with Crippen molar-refractivity contribution in [1.29, 1.82) is 0 Å². The fourth-order valence-corrected chi connectivity index (χ4v) is 3.02. The van der Waals surface area contributed by atoms with Crippen LogP contribution in [-0.2, 0) is 6.42 Å². The maximum absolute atomic E-state index is 13.6. The molecule has 0 saturated heterocycles. The monoisotopic (exact) mass is 250 g/mol. The first-order chi connectivity index (χ1) is 8.50. The van der Waals surface area contributed by atoms with E-state index in [9.17, 15) is 9.50 Å². The molecule has 1 aromatic carbocycles. The zero-order valence-electron chi connectivity index (χ0n) is 11.3. The Morgan fingerprint density at radius 3 is 2.44 bits per heavy atom. The zero-order valence-corrected chi connectivity index (χ0v) is 11.3. The van der Waals surface area contributed by atoms with Gasteiger partial charge in [-0.25, -0.2) is 4.39 Å². The van der Waals surface area contributed by atoms with E-state index in [4.69, 9.17) is 0 Å². The summed E-state index contributed by atoms with van der Waals surface area (Å²) in [5.41, 5.74) is -0.0591. The van der Waals surface area contributed by atoms with Crippen LogP contribution in [-0.4, -0.2) is 10.7 Å². The maximum atomic E-state index is 13.6. The minimum absolute atomic E-state index is 0.197. The molecule has 1 aliphatic carbocycles. The molecule has 18 heavy (non-hydrogen) atoms. The number of benzene rings is 1. The Balaban J connectivity index is 2.00. The summed E-state index contributed by atoms with van der Waals surface area (Å²) in [5, 5.41) is 10.6. The van der Waals surface area contributed by atoms with Crippen molar-refractivity contribution in [3.63, 3.8) is 0 Å². The fourth-order valence-electron chi connectivity index (χ4n) is 3.02. The first-order valence-corrected chi connectivity index (χ1v) is 6.96. The van der Waals surface area contributed by atoms with Crippen LogP contribution < -0.4 is 0 Å². The lowest BCUT2D eigenvalue weighted by atomic mass is 9.72. The summed E-state index contributed by atoms with van der Waals surface area (Å²) in [6.45, 7) is 4.48. The molecule has 0 radical (unpaired) electrons. The second kappa shape index (κ2) is 5.40. The Labute approximate surface area is 109 Å². The topological polar surface area (TPSA) is 20.2 Å². The minimum atomic E-state index is -0.701. The summed E-state index contributed by atoms with van der Waals surface area (Å²) < 4.78 is 13.6. The van der Waals surface area contributed by atoms with Crippen molar-refractivity contribution in [2.24, 2.45) is 11.8 Å². The van der Waals surface area contributed by atoms with Gasteiger partial charge in [0.05, 0.1) is 5.60 Å². The van der Waals surface area contributed by atoms with E-state index in [-0.39, 0.29) is 5.82 Å². The highest BCUT2D eigenvalue weighted by Crippen LogP contribution is 2.37. The summed E-state index contributed by atoms with van der Waals surface area (Å²) in [4.78, 5) is 0. The number of hydrogen-bond donors (Lipinski definition) is 1. The van der Waals surface area contributed by atoms with Crippen molar-refractivity contribution in [1.82, 2.24) is 0 Å². The van der Waals surface area contributed by atoms with Crippen LogP contribution in [0.5, 0.6) is 0 Å². The molecular formula is C16H23FO. The Kier molecular flexibility index (Phi) is 4.06. The first-order valence-electron chi connectivity index (χ1n) is 6.96. The highest BCUT2D eigenvalue weighted by molar-refractivity contribution is 5.19. The molecule has 0 aromatic heterocycles. The van der Waals surface area contributed by atoms with Crippen molar-refractivity contribution < 1.29 is 9.50 Å². The van der Waals surface area contributed by atoms with E-state index >= 15 is 0 Å². The average Bonchev–Trinajstić information content (AvgIpc) is 2.32. The molecule has 2 rings (SSSR count). The third-order valence-electron chi connectivity index (χ3n) is 4.38. The smallest absolute Gasteiger partial charge is 0.126 e. The Bertz CT molecular complexity index is 392. The van der Waals surface area contributed by atoms with Gasteiger partial charge in [-0.15, -0.1) is 0 Å². The van der Waals surface area contributed by atoms with Gasteiger partial charge in [0.25, 0.3) is 0 Å². The van der Waals surface area contributed by atoms with E-state index in [0.717, 1.165) is 25.7 Å². The quantitative estimate of drug-likeness (QED) is 0.861. The third kappa shape index (κ3) is 3.11. The Hall–Kier alpha value is -0.890. The lowest BCUT2D eigenvalue weighted by molar-refractivity contribution is -0.0152. The summed E-state index contributed by atoms with van der Waals surface area (Å²) >= 11 is 0. The molecule has 0 amide bonds. The predicted molar refractivity (Wildman–Crippen MR) is 71.8 cm³/mol. The largest absolute Gasteiger partial charge is 0.390 e. The van der Waals surface area contributed by atoms with E-state index in [2.05, 4.69) is 13.8 Å². The van der Waals surface area contributed by atoms with Crippen LogP contribution in [0.2, 0.25) is 0 Å². The first kappa shape index (κ1) is 13.5.